The molecule has 0 saturated carbocycles. The van der Waals surface area contributed by atoms with Crippen molar-refractivity contribution in [3.63, 3.8) is 0 Å². The molecule has 0 unspecified atom stereocenters. The van der Waals surface area contributed by atoms with Crippen molar-refractivity contribution >= 4 is 28.6 Å². The van der Waals surface area contributed by atoms with Gasteiger partial charge in [-0.25, -0.2) is 29.1 Å². The van der Waals surface area contributed by atoms with Gasteiger partial charge in [0.25, 0.3) is 0 Å². The Balaban J connectivity index is -0.000000170. The van der Waals surface area contributed by atoms with E-state index < -0.39 is 34.7 Å². The maximum Gasteiger partial charge on any atom is 0.335 e. The number of esters is 2. The highest BCUT2D eigenvalue weighted by Crippen LogP contribution is 2.37. The van der Waals surface area contributed by atoms with E-state index >= 15 is 0 Å². The number of hydrogen-bond acceptors (Lipinski definition) is 15. The third-order valence-electron chi connectivity index (χ3n) is 8.40. The van der Waals surface area contributed by atoms with Crippen LogP contribution >= 0.6 is 0 Å². The topological polar surface area (TPSA) is 154 Å². The van der Waals surface area contributed by atoms with Crippen LogP contribution in [0.5, 0.6) is 0 Å². The lowest BCUT2D eigenvalue weighted by molar-refractivity contribution is -0.332. The minimum atomic E-state index is -1.85. The van der Waals surface area contributed by atoms with E-state index in [0.717, 1.165) is 0 Å². The standard InChI is InChI=1S/C34H70O15Si2.2C2H4.10CH4/c1-13-40-31(35)27-46-44-25-30(26-45-47-28-32(36)41-14-2)43-20-16-37-15-19-42-29(23-38-17-21-48-50(9,10)33(3,4)5)24-39-18-22-49-51(11,12)34(6,7)8;2*1-2;;;;;;;;;;/h29-30H,13-28H2,1-12H3;2*1-2H2;10*1H4. The number of ether oxygens (including phenoxy) is 7. The molecule has 0 rings (SSSR count). The van der Waals surface area contributed by atoms with Crippen molar-refractivity contribution in [3.8, 4) is 0 Å². The van der Waals surface area contributed by atoms with Gasteiger partial charge in [0, 0.05) is 0 Å². The van der Waals surface area contributed by atoms with Gasteiger partial charge in [0.1, 0.15) is 25.4 Å². The Morgan fingerprint density at radius 2 is 0.708 bits per heavy atom. The molecule has 0 aromatic heterocycles. The molecule has 0 spiro atoms. The van der Waals surface area contributed by atoms with Gasteiger partial charge >= 0.3 is 11.9 Å². The van der Waals surface area contributed by atoms with Crippen LogP contribution < -0.4 is 0 Å². The summed E-state index contributed by atoms with van der Waals surface area (Å²) in [4.78, 5) is 42.7. The second kappa shape index (κ2) is 58.5. The van der Waals surface area contributed by atoms with Crippen molar-refractivity contribution in [1.29, 1.82) is 0 Å². The third kappa shape index (κ3) is 54.9. The van der Waals surface area contributed by atoms with Gasteiger partial charge < -0.3 is 42.0 Å². The normalized spacial score (nSPS) is 10.3. The lowest BCUT2D eigenvalue weighted by atomic mass is 10.2. The van der Waals surface area contributed by atoms with Crippen LogP contribution in [0.25, 0.3) is 0 Å². The molecule has 0 N–H and O–H groups in total. The minimum Gasteiger partial charge on any atom is -0.464 e. The fourth-order valence-electron chi connectivity index (χ4n) is 3.35. The Hall–Kier alpha value is -1.59. The molecule has 17 heteroatoms. The summed E-state index contributed by atoms with van der Waals surface area (Å²) in [5.74, 6) is -1.13. The molecule has 0 aliphatic rings. The molecule has 0 atom stereocenters. The molecular formula is C48H118O15Si2. The summed E-state index contributed by atoms with van der Waals surface area (Å²) in [6.07, 6.45) is -0.956. The first kappa shape index (κ1) is 97.2. The largest absolute Gasteiger partial charge is 0.464 e. The van der Waals surface area contributed by atoms with Crippen LogP contribution in [0.4, 0.5) is 0 Å². The van der Waals surface area contributed by atoms with Crippen molar-refractivity contribution in [3.05, 3.63) is 26.3 Å². The maximum atomic E-state index is 11.4. The quantitative estimate of drug-likeness (QED) is 0.0157. The van der Waals surface area contributed by atoms with Crippen molar-refractivity contribution in [2.24, 2.45) is 0 Å². The zero-order chi connectivity index (χ0) is 42.8. The van der Waals surface area contributed by atoms with E-state index in [9.17, 15) is 9.59 Å². The van der Waals surface area contributed by atoms with E-state index in [1.165, 1.54) is 0 Å². The summed E-state index contributed by atoms with van der Waals surface area (Å²) in [5, 5.41) is 0.262. The van der Waals surface area contributed by atoms with E-state index in [1.54, 1.807) is 13.8 Å². The van der Waals surface area contributed by atoms with E-state index in [4.69, 9.17) is 61.6 Å². The molecule has 0 saturated heterocycles. The van der Waals surface area contributed by atoms with Gasteiger partial charge in [0.05, 0.1) is 79.3 Å². The number of carbonyl (C=O) groups is 2. The summed E-state index contributed by atoms with van der Waals surface area (Å²) in [5.41, 5.74) is 0. The van der Waals surface area contributed by atoms with E-state index in [2.05, 4.69) is 94.0 Å². The van der Waals surface area contributed by atoms with Crippen LogP contribution in [-0.4, -0.2) is 146 Å². The van der Waals surface area contributed by atoms with Gasteiger partial charge in [0.15, 0.2) is 29.8 Å². The molecule has 65 heavy (non-hydrogen) atoms. The van der Waals surface area contributed by atoms with Crippen molar-refractivity contribution in [2.75, 3.05) is 106 Å². The first-order valence-corrected chi connectivity index (χ1v) is 24.7. The minimum absolute atomic E-state index is 0. The predicted molar refractivity (Wildman–Crippen MR) is 285 cm³/mol. The molecule has 0 bridgehead atoms. The molecule has 0 heterocycles. The smallest absolute Gasteiger partial charge is 0.335 e. The first-order chi connectivity index (χ1) is 25.9. The van der Waals surface area contributed by atoms with E-state index in [-0.39, 0.29) is 143 Å². The maximum absolute atomic E-state index is 11.4. The SMILES string of the molecule is C.C.C.C.C.C.C.C.C.C.C=C.C=C.CCOC(=O)COOCC(COOCC(=O)OCC)OCCOCCOC(COCCO[Si](C)(C)C(C)(C)C)COCCO[Si](C)(C)C(C)(C)C. The molecule has 408 valence electrons. The molecule has 0 aliphatic carbocycles. The molecule has 0 fully saturated rings. The summed E-state index contributed by atoms with van der Waals surface area (Å²) in [6.45, 7) is 40.8. The number of carbonyl (C=O) groups excluding carboxylic acids is 2. The average Bonchev–Trinajstić information content (AvgIpc) is 3.11. The molecule has 0 amide bonds. The number of rotatable bonds is 32. The highest BCUT2D eigenvalue weighted by molar-refractivity contribution is 6.74. The Morgan fingerprint density at radius 3 is 0.985 bits per heavy atom. The Labute approximate surface area is 408 Å². The third-order valence-corrected chi connectivity index (χ3v) is 17.5. The average molecular weight is 992 g/mol. The van der Waals surface area contributed by atoms with Crippen LogP contribution in [0, 0.1) is 0 Å². The van der Waals surface area contributed by atoms with Crippen LogP contribution in [0.1, 0.15) is 130 Å². The Morgan fingerprint density at radius 1 is 0.431 bits per heavy atom. The molecule has 15 nitrogen and oxygen atoms in total. The molecule has 0 radical (unpaired) electrons. The van der Waals surface area contributed by atoms with Crippen LogP contribution in [-0.2, 0) is 71.1 Å². The highest BCUT2D eigenvalue weighted by Gasteiger charge is 2.37. The molecule has 0 aromatic carbocycles. The molecular weight excluding hydrogens is 873 g/mol. The molecule has 0 aliphatic heterocycles. The summed E-state index contributed by atoms with van der Waals surface area (Å²) in [7, 11) is -3.70. The zero-order valence-electron chi connectivity index (χ0n) is 36.4. The molecule has 0 aromatic rings. The lowest BCUT2D eigenvalue weighted by Crippen LogP contribution is -2.42. The second-order valence-electron chi connectivity index (χ2n) is 14.7. The summed E-state index contributed by atoms with van der Waals surface area (Å²) >= 11 is 0. The second-order valence-corrected chi connectivity index (χ2v) is 24.3. The first-order valence-electron chi connectivity index (χ1n) is 18.9. The van der Waals surface area contributed by atoms with Crippen LogP contribution in [0.15, 0.2) is 26.3 Å². The summed E-state index contributed by atoms with van der Waals surface area (Å²) in [6, 6.07) is 0. The van der Waals surface area contributed by atoms with Gasteiger partial charge in [0.2, 0.25) is 0 Å². The van der Waals surface area contributed by atoms with Crippen molar-refractivity contribution in [2.45, 2.75) is 178 Å². The van der Waals surface area contributed by atoms with Gasteiger partial charge in [-0.3, -0.25) is 0 Å². The monoisotopic (exact) mass is 991 g/mol. The van der Waals surface area contributed by atoms with Gasteiger partial charge in [-0.05, 0) is 50.1 Å². The van der Waals surface area contributed by atoms with Crippen molar-refractivity contribution in [1.82, 2.24) is 0 Å². The fourth-order valence-corrected chi connectivity index (χ4v) is 5.40. The predicted octanol–water partition coefficient (Wildman–Crippen LogP) is 12.8. The highest BCUT2D eigenvalue weighted by atomic mass is 28.4. The van der Waals surface area contributed by atoms with Gasteiger partial charge in [-0.1, -0.05) is 116 Å². The zero-order valence-corrected chi connectivity index (χ0v) is 38.4. The van der Waals surface area contributed by atoms with Gasteiger partial charge in [-0.2, -0.15) is 0 Å². The Kier molecular flexibility index (Phi) is 87.5. The Bertz CT molecular complexity index is 867. The lowest BCUT2D eigenvalue weighted by Gasteiger charge is -2.36. The summed E-state index contributed by atoms with van der Waals surface area (Å²) < 4.78 is 51.4. The number of hydrogen-bond donors (Lipinski definition) is 0. The van der Waals surface area contributed by atoms with Crippen molar-refractivity contribution < 1.29 is 71.1 Å². The van der Waals surface area contributed by atoms with E-state index in [0.29, 0.717) is 52.9 Å². The fraction of sp³-hybridized carbons (Fsp3) is 0.875. The van der Waals surface area contributed by atoms with Gasteiger partial charge in [-0.15, -0.1) is 26.3 Å². The van der Waals surface area contributed by atoms with Crippen LogP contribution in [0.3, 0.4) is 0 Å². The van der Waals surface area contributed by atoms with E-state index in [1.807, 2.05) is 0 Å². The van der Waals surface area contributed by atoms with Crippen LogP contribution in [0.2, 0.25) is 36.3 Å².